The number of hydrogen-bond acceptors (Lipinski definition) is 6. The van der Waals surface area contributed by atoms with E-state index in [1.807, 2.05) is 0 Å². The SMILES string of the molecule is CCC/C=C\C/C=C\CCCCCCCC(=O)OCC(COC(=O)CCCCCCC/C=C\C/C=C\CCCCC)OC(=O)CCCCCCC/C=C\C/C=C\CCC. The van der Waals surface area contributed by atoms with E-state index in [1.165, 1.54) is 38.5 Å². The Labute approximate surface area is 363 Å². The first kappa shape index (κ1) is 55.9. The fraction of sp³-hybridized carbons (Fsp3) is 0.717. The number of hydrogen-bond donors (Lipinski definition) is 0. The van der Waals surface area contributed by atoms with E-state index in [1.54, 1.807) is 0 Å². The Morgan fingerprint density at radius 3 is 1.00 bits per heavy atom. The summed E-state index contributed by atoms with van der Waals surface area (Å²) in [7, 11) is 0. The van der Waals surface area contributed by atoms with E-state index in [2.05, 4.69) is 93.7 Å². The van der Waals surface area contributed by atoms with E-state index in [9.17, 15) is 14.4 Å². The van der Waals surface area contributed by atoms with Crippen molar-refractivity contribution in [3.05, 3.63) is 72.9 Å². The van der Waals surface area contributed by atoms with E-state index < -0.39 is 6.10 Å². The summed E-state index contributed by atoms with van der Waals surface area (Å²) in [5.41, 5.74) is 0. The van der Waals surface area contributed by atoms with Gasteiger partial charge in [-0.1, -0.05) is 177 Å². The van der Waals surface area contributed by atoms with Crippen molar-refractivity contribution in [3.63, 3.8) is 0 Å². The van der Waals surface area contributed by atoms with Crippen LogP contribution < -0.4 is 0 Å². The van der Waals surface area contributed by atoms with Crippen LogP contribution in [0.1, 0.15) is 226 Å². The van der Waals surface area contributed by atoms with Crippen molar-refractivity contribution in [1.82, 2.24) is 0 Å². The van der Waals surface area contributed by atoms with Crippen LogP contribution in [0.2, 0.25) is 0 Å². The van der Waals surface area contributed by atoms with Crippen LogP contribution in [-0.2, 0) is 28.6 Å². The van der Waals surface area contributed by atoms with Crippen LogP contribution in [0.3, 0.4) is 0 Å². The van der Waals surface area contributed by atoms with Crippen molar-refractivity contribution in [1.29, 1.82) is 0 Å². The molecule has 0 saturated heterocycles. The predicted octanol–water partition coefficient (Wildman–Crippen LogP) is 15.9. The maximum absolute atomic E-state index is 12.7. The van der Waals surface area contributed by atoms with Crippen LogP contribution in [0.5, 0.6) is 0 Å². The highest BCUT2D eigenvalue weighted by molar-refractivity contribution is 5.71. The lowest BCUT2D eigenvalue weighted by Gasteiger charge is -2.18. The molecular formula is C53H90O6. The predicted molar refractivity (Wildman–Crippen MR) is 251 cm³/mol. The second kappa shape index (κ2) is 47.5. The van der Waals surface area contributed by atoms with Gasteiger partial charge in [0, 0.05) is 19.3 Å². The molecule has 1 atom stereocenters. The minimum absolute atomic E-state index is 0.0937. The van der Waals surface area contributed by atoms with Crippen molar-refractivity contribution in [2.24, 2.45) is 0 Å². The molecule has 0 aromatic rings. The Kier molecular flexibility index (Phi) is 45.0. The fourth-order valence-corrected chi connectivity index (χ4v) is 6.43. The summed E-state index contributed by atoms with van der Waals surface area (Å²) >= 11 is 0. The molecule has 59 heavy (non-hydrogen) atoms. The molecule has 0 fully saturated rings. The van der Waals surface area contributed by atoms with Gasteiger partial charge < -0.3 is 14.2 Å². The van der Waals surface area contributed by atoms with Gasteiger partial charge in [0.25, 0.3) is 0 Å². The lowest BCUT2D eigenvalue weighted by atomic mass is 10.1. The molecule has 0 aliphatic carbocycles. The number of ether oxygens (including phenoxy) is 3. The van der Waals surface area contributed by atoms with Gasteiger partial charge in [-0.2, -0.15) is 0 Å². The maximum atomic E-state index is 12.7. The summed E-state index contributed by atoms with van der Waals surface area (Å²) in [6.45, 7) is 6.43. The summed E-state index contributed by atoms with van der Waals surface area (Å²) in [4.78, 5) is 37.9. The van der Waals surface area contributed by atoms with Crippen molar-refractivity contribution >= 4 is 17.9 Å². The van der Waals surface area contributed by atoms with Crippen LogP contribution in [0.25, 0.3) is 0 Å². The van der Waals surface area contributed by atoms with Crippen LogP contribution in [0.4, 0.5) is 0 Å². The number of carbonyl (C=O) groups excluding carboxylic acids is 3. The van der Waals surface area contributed by atoms with Gasteiger partial charge in [-0.15, -0.1) is 0 Å². The molecule has 1 unspecified atom stereocenters. The Morgan fingerprint density at radius 1 is 0.339 bits per heavy atom. The number of carbonyl (C=O) groups is 3. The molecule has 0 saturated carbocycles. The number of unbranched alkanes of at least 4 members (excludes halogenated alkanes) is 20. The minimum atomic E-state index is -0.793. The zero-order chi connectivity index (χ0) is 43.0. The fourth-order valence-electron chi connectivity index (χ4n) is 6.43. The average molecular weight is 823 g/mol. The zero-order valence-corrected chi connectivity index (χ0v) is 38.5. The molecule has 0 amide bonds. The normalized spacial score (nSPS) is 12.7. The number of rotatable bonds is 43. The Balaban J connectivity index is 4.45. The molecule has 0 aromatic heterocycles. The van der Waals surface area contributed by atoms with Gasteiger partial charge in [-0.3, -0.25) is 14.4 Å². The van der Waals surface area contributed by atoms with Gasteiger partial charge in [0.1, 0.15) is 13.2 Å². The molecule has 0 aliphatic heterocycles. The molecule has 6 heteroatoms. The highest BCUT2D eigenvalue weighted by atomic mass is 16.6. The van der Waals surface area contributed by atoms with Crippen molar-refractivity contribution in [2.75, 3.05) is 13.2 Å². The maximum Gasteiger partial charge on any atom is 0.306 e. The molecule has 0 heterocycles. The summed E-state index contributed by atoms with van der Waals surface area (Å²) < 4.78 is 16.7. The highest BCUT2D eigenvalue weighted by Gasteiger charge is 2.19. The van der Waals surface area contributed by atoms with Crippen LogP contribution in [0.15, 0.2) is 72.9 Å². The molecule has 338 valence electrons. The van der Waals surface area contributed by atoms with Gasteiger partial charge in [0.2, 0.25) is 0 Å². The highest BCUT2D eigenvalue weighted by Crippen LogP contribution is 2.13. The molecular weight excluding hydrogens is 733 g/mol. The third-order valence-corrected chi connectivity index (χ3v) is 10.1. The monoisotopic (exact) mass is 823 g/mol. The van der Waals surface area contributed by atoms with E-state index in [4.69, 9.17) is 14.2 Å². The molecule has 0 spiro atoms. The van der Waals surface area contributed by atoms with E-state index >= 15 is 0 Å². The topological polar surface area (TPSA) is 78.9 Å². The summed E-state index contributed by atoms with van der Waals surface area (Å²) in [5, 5.41) is 0. The lowest BCUT2D eigenvalue weighted by molar-refractivity contribution is -0.167. The van der Waals surface area contributed by atoms with E-state index in [-0.39, 0.29) is 31.1 Å². The summed E-state index contributed by atoms with van der Waals surface area (Å²) in [6, 6.07) is 0. The molecule has 0 aliphatic rings. The van der Waals surface area contributed by atoms with Crippen molar-refractivity contribution < 1.29 is 28.6 Å². The van der Waals surface area contributed by atoms with E-state index in [0.29, 0.717) is 19.3 Å². The number of allylic oxidation sites excluding steroid dienone is 12. The van der Waals surface area contributed by atoms with Crippen LogP contribution in [0, 0.1) is 0 Å². The van der Waals surface area contributed by atoms with Crippen molar-refractivity contribution in [2.45, 2.75) is 232 Å². The van der Waals surface area contributed by atoms with E-state index in [0.717, 1.165) is 148 Å². The van der Waals surface area contributed by atoms with Crippen molar-refractivity contribution in [3.8, 4) is 0 Å². The smallest absolute Gasteiger partial charge is 0.306 e. The molecule has 0 rings (SSSR count). The number of esters is 3. The first-order valence-corrected chi connectivity index (χ1v) is 24.4. The third-order valence-electron chi connectivity index (χ3n) is 10.1. The van der Waals surface area contributed by atoms with Gasteiger partial charge in [-0.05, 0) is 103 Å². The van der Waals surface area contributed by atoms with Gasteiger partial charge >= 0.3 is 17.9 Å². The molecule has 0 aromatic carbocycles. The molecule has 0 bridgehead atoms. The zero-order valence-electron chi connectivity index (χ0n) is 38.5. The molecule has 0 radical (unpaired) electrons. The van der Waals surface area contributed by atoms with Crippen LogP contribution in [-0.4, -0.2) is 37.2 Å². The average Bonchev–Trinajstić information content (AvgIpc) is 3.23. The second-order valence-electron chi connectivity index (χ2n) is 16.0. The van der Waals surface area contributed by atoms with Crippen LogP contribution >= 0.6 is 0 Å². The Morgan fingerprint density at radius 2 is 0.644 bits per heavy atom. The molecule has 0 N–H and O–H groups in total. The van der Waals surface area contributed by atoms with Gasteiger partial charge in [0.05, 0.1) is 0 Å². The van der Waals surface area contributed by atoms with Gasteiger partial charge in [-0.25, -0.2) is 0 Å². The largest absolute Gasteiger partial charge is 0.462 e. The first-order valence-electron chi connectivity index (χ1n) is 24.4. The van der Waals surface area contributed by atoms with Gasteiger partial charge in [0.15, 0.2) is 6.10 Å². The summed E-state index contributed by atoms with van der Waals surface area (Å²) in [6.07, 6.45) is 58.7. The third kappa shape index (κ3) is 45.8. The Hall–Kier alpha value is -3.15. The first-order chi connectivity index (χ1) is 29.0. The summed E-state index contributed by atoms with van der Waals surface area (Å²) in [5.74, 6) is -0.938. The quantitative estimate of drug-likeness (QED) is 0.0264. The minimum Gasteiger partial charge on any atom is -0.462 e. The lowest BCUT2D eigenvalue weighted by Crippen LogP contribution is -2.30. The standard InChI is InChI=1S/C53H90O6/c1-4-7-10-13-16-19-22-25-26-29-31-34-37-40-43-46-52(55)58-49-50(59-53(56)47-44-41-38-35-32-28-24-21-18-15-12-9-6-3)48-57-51(54)45-42-39-36-33-30-27-23-20-17-14-11-8-5-2/h11-12,14-16,19-21,23-26,50H,4-10,13,17-18,22,27-49H2,1-3H3/b14-11-,15-12-,19-16-,23-20-,24-21-,26-25-. The second-order valence-corrected chi connectivity index (χ2v) is 16.0. The molecule has 6 nitrogen and oxygen atoms in total. The Bertz CT molecular complexity index is 1130.